The molecule has 0 radical (unpaired) electrons. The molecule has 0 bridgehead atoms. The lowest BCUT2D eigenvalue weighted by Gasteiger charge is -2.06. The largest absolute Gasteiger partial charge is 0.472 e. The molecule has 2 heterocycles. The molecule has 2 rings (SSSR count). The van der Waals surface area contributed by atoms with Gasteiger partial charge in [-0.25, -0.2) is 0 Å². The Morgan fingerprint density at radius 3 is 2.86 bits per heavy atom. The van der Waals surface area contributed by atoms with E-state index in [1.807, 2.05) is 18.2 Å². The first kappa shape index (κ1) is 9.09. The van der Waals surface area contributed by atoms with Crippen molar-refractivity contribution in [3.8, 4) is 0 Å². The van der Waals surface area contributed by atoms with Crippen LogP contribution in [0, 0.1) is 0 Å². The second-order valence-corrected chi connectivity index (χ2v) is 3.28. The fourth-order valence-corrected chi connectivity index (χ4v) is 1.41. The minimum absolute atomic E-state index is 0.0267. The minimum Gasteiger partial charge on any atom is -0.472 e. The van der Waals surface area contributed by atoms with Gasteiger partial charge in [-0.2, -0.15) is 0 Å². The van der Waals surface area contributed by atoms with E-state index in [0.717, 1.165) is 24.2 Å². The predicted molar refractivity (Wildman–Crippen MR) is 52.7 cm³/mol. The molecule has 74 valence electrons. The normalized spacial score (nSPS) is 12.9. The molecule has 0 saturated carbocycles. The summed E-state index contributed by atoms with van der Waals surface area (Å²) in [5, 5.41) is 0. The van der Waals surface area contributed by atoms with Crippen molar-refractivity contribution in [3.63, 3.8) is 0 Å². The van der Waals surface area contributed by atoms with Crippen LogP contribution in [0.2, 0.25) is 0 Å². The number of furan rings is 2. The highest BCUT2D eigenvalue weighted by Crippen LogP contribution is 2.17. The Kier molecular flexibility index (Phi) is 2.70. The second kappa shape index (κ2) is 4.15. The Morgan fingerprint density at radius 2 is 2.21 bits per heavy atom. The summed E-state index contributed by atoms with van der Waals surface area (Å²) < 4.78 is 10.2. The van der Waals surface area contributed by atoms with Crippen LogP contribution in [0.15, 0.2) is 45.8 Å². The van der Waals surface area contributed by atoms with Crippen LogP contribution in [0.1, 0.15) is 23.8 Å². The third-order valence-electron chi connectivity index (χ3n) is 2.25. The van der Waals surface area contributed by atoms with Crippen molar-refractivity contribution in [2.75, 3.05) is 0 Å². The molecule has 1 unspecified atom stereocenters. The zero-order chi connectivity index (χ0) is 9.80. The lowest BCUT2D eigenvalue weighted by molar-refractivity contribution is 0.486. The summed E-state index contributed by atoms with van der Waals surface area (Å²) in [6, 6.07) is 5.77. The van der Waals surface area contributed by atoms with Crippen LogP contribution < -0.4 is 5.73 Å². The molecule has 2 N–H and O–H groups in total. The van der Waals surface area contributed by atoms with Gasteiger partial charge in [0.25, 0.3) is 0 Å². The molecule has 14 heavy (non-hydrogen) atoms. The molecule has 3 nitrogen and oxygen atoms in total. The van der Waals surface area contributed by atoms with E-state index >= 15 is 0 Å². The summed E-state index contributed by atoms with van der Waals surface area (Å²) in [6.07, 6.45) is 6.74. The van der Waals surface area contributed by atoms with Gasteiger partial charge in [0.15, 0.2) is 0 Å². The summed E-state index contributed by atoms with van der Waals surface area (Å²) in [7, 11) is 0. The smallest absolute Gasteiger partial charge is 0.103 e. The summed E-state index contributed by atoms with van der Waals surface area (Å²) in [4.78, 5) is 0. The molecule has 2 aromatic heterocycles. The lowest BCUT2D eigenvalue weighted by Crippen LogP contribution is -2.10. The van der Waals surface area contributed by atoms with Crippen LogP contribution in [0.5, 0.6) is 0 Å². The van der Waals surface area contributed by atoms with Crippen molar-refractivity contribution in [2.24, 2.45) is 5.73 Å². The summed E-state index contributed by atoms with van der Waals surface area (Å²) in [6.45, 7) is 0. The van der Waals surface area contributed by atoms with E-state index in [1.165, 1.54) is 0 Å². The molecule has 2 aromatic rings. The Hall–Kier alpha value is -1.48. The van der Waals surface area contributed by atoms with Crippen molar-refractivity contribution in [1.29, 1.82) is 0 Å². The standard InChI is InChI=1S/C11H13NO2/c12-11(9-5-7-13-8-9)4-3-10-2-1-6-14-10/h1-2,5-8,11H,3-4,12H2. The molecule has 0 aromatic carbocycles. The van der Waals surface area contributed by atoms with E-state index in [0.29, 0.717) is 0 Å². The molecule has 0 amide bonds. The van der Waals surface area contributed by atoms with Crippen molar-refractivity contribution in [1.82, 2.24) is 0 Å². The van der Waals surface area contributed by atoms with E-state index in [9.17, 15) is 0 Å². The highest BCUT2D eigenvalue weighted by molar-refractivity contribution is 5.11. The molecule has 0 fully saturated rings. The summed E-state index contributed by atoms with van der Waals surface area (Å²) in [5.41, 5.74) is 6.99. The van der Waals surface area contributed by atoms with Crippen LogP contribution >= 0.6 is 0 Å². The zero-order valence-corrected chi connectivity index (χ0v) is 7.85. The van der Waals surface area contributed by atoms with Gasteiger partial charge in [0.2, 0.25) is 0 Å². The second-order valence-electron chi connectivity index (χ2n) is 3.28. The van der Waals surface area contributed by atoms with Gasteiger partial charge < -0.3 is 14.6 Å². The number of hydrogen-bond donors (Lipinski definition) is 1. The SMILES string of the molecule is NC(CCc1ccco1)c1ccoc1. The Labute approximate surface area is 82.5 Å². The zero-order valence-electron chi connectivity index (χ0n) is 7.85. The fourth-order valence-electron chi connectivity index (χ4n) is 1.41. The summed E-state index contributed by atoms with van der Waals surface area (Å²) in [5.74, 6) is 0.976. The van der Waals surface area contributed by atoms with Crippen molar-refractivity contribution in [2.45, 2.75) is 18.9 Å². The number of nitrogens with two attached hydrogens (primary N) is 1. The first-order valence-corrected chi connectivity index (χ1v) is 4.66. The highest BCUT2D eigenvalue weighted by atomic mass is 16.3. The quantitative estimate of drug-likeness (QED) is 0.807. The highest BCUT2D eigenvalue weighted by Gasteiger charge is 2.07. The maximum Gasteiger partial charge on any atom is 0.103 e. The predicted octanol–water partition coefficient (Wildman–Crippen LogP) is 2.51. The van der Waals surface area contributed by atoms with E-state index in [4.69, 9.17) is 14.6 Å². The first-order valence-electron chi connectivity index (χ1n) is 4.66. The number of aryl methyl sites for hydroxylation is 1. The van der Waals surface area contributed by atoms with Crippen LogP contribution in [-0.4, -0.2) is 0 Å². The third kappa shape index (κ3) is 2.06. The lowest BCUT2D eigenvalue weighted by atomic mass is 10.1. The van der Waals surface area contributed by atoms with Crippen LogP contribution in [0.4, 0.5) is 0 Å². The Morgan fingerprint density at radius 1 is 1.29 bits per heavy atom. The van der Waals surface area contributed by atoms with Gasteiger partial charge in [-0.15, -0.1) is 0 Å². The molecule has 3 heteroatoms. The number of rotatable bonds is 4. The molecule has 0 aliphatic carbocycles. The molecule has 0 saturated heterocycles. The molecule has 0 aliphatic rings. The fraction of sp³-hybridized carbons (Fsp3) is 0.273. The van der Waals surface area contributed by atoms with Gasteiger partial charge in [-0.3, -0.25) is 0 Å². The van der Waals surface area contributed by atoms with Gasteiger partial charge in [0.05, 0.1) is 18.8 Å². The molecule has 0 aliphatic heterocycles. The van der Waals surface area contributed by atoms with Crippen LogP contribution in [0.25, 0.3) is 0 Å². The van der Waals surface area contributed by atoms with Gasteiger partial charge in [0.1, 0.15) is 5.76 Å². The van der Waals surface area contributed by atoms with Crippen molar-refractivity contribution in [3.05, 3.63) is 48.3 Å². The first-order chi connectivity index (χ1) is 6.86. The Balaban J connectivity index is 1.87. The van der Waals surface area contributed by atoms with Crippen LogP contribution in [0.3, 0.4) is 0 Å². The van der Waals surface area contributed by atoms with Crippen molar-refractivity contribution < 1.29 is 8.83 Å². The Bertz CT molecular complexity index is 351. The molecule has 1 atom stereocenters. The maximum atomic E-state index is 5.95. The van der Waals surface area contributed by atoms with Crippen molar-refractivity contribution >= 4 is 0 Å². The molecule has 0 spiro atoms. The average Bonchev–Trinajstić information content (AvgIpc) is 2.87. The van der Waals surface area contributed by atoms with E-state index < -0.39 is 0 Å². The van der Waals surface area contributed by atoms with Gasteiger partial charge in [-0.05, 0) is 24.6 Å². The molecular weight excluding hydrogens is 178 g/mol. The third-order valence-corrected chi connectivity index (χ3v) is 2.25. The summed E-state index contributed by atoms with van der Waals surface area (Å²) >= 11 is 0. The minimum atomic E-state index is 0.0267. The van der Waals surface area contributed by atoms with E-state index in [-0.39, 0.29) is 6.04 Å². The maximum absolute atomic E-state index is 5.95. The van der Waals surface area contributed by atoms with Gasteiger partial charge in [0, 0.05) is 18.0 Å². The van der Waals surface area contributed by atoms with E-state index in [1.54, 1.807) is 18.8 Å². The van der Waals surface area contributed by atoms with E-state index in [2.05, 4.69) is 0 Å². The monoisotopic (exact) mass is 191 g/mol. The van der Waals surface area contributed by atoms with Crippen LogP contribution in [-0.2, 0) is 6.42 Å². The topological polar surface area (TPSA) is 52.3 Å². The van der Waals surface area contributed by atoms with Gasteiger partial charge >= 0.3 is 0 Å². The van der Waals surface area contributed by atoms with Gasteiger partial charge in [-0.1, -0.05) is 0 Å². The molecular formula is C11H13NO2. The average molecular weight is 191 g/mol. The number of hydrogen-bond acceptors (Lipinski definition) is 3.